The molecule has 6 rings (SSSR count). The number of hydrogen-bond acceptors (Lipinski definition) is 6. The van der Waals surface area contributed by atoms with Crippen molar-refractivity contribution < 1.29 is 0 Å². The first-order valence-corrected chi connectivity index (χ1v) is 13.3. The topological polar surface area (TPSA) is 84.4 Å². The van der Waals surface area contributed by atoms with Gasteiger partial charge in [0.25, 0.3) is 0 Å². The molecule has 0 aliphatic rings. The van der Waals surface area contributed by atoms with Crippen LogP contribution in [-0.4, -0.2) is 42.3 Å². The molecule has 6 aromatic rings. The molecule has 0 spiro atoms. The number of nitrogens with zero attached hydrogens (tertiary/aromatic N) is 6. The molecule has 0 atom stereocenters. The van der Waals surface area contributed by atoms with Crippen molar-refractivity contribution in [2.75, 3.05) is 23.7 Å². The molecule has 0 bridgehead atoms. The molecule has 2 aromatic carbocycles. The average Bonchev–Trinajstić information content (AvgIpc) is 3.48. The van der Waals surface area contributed by atoms with E-state index < -0.39 is 0 Å². The van der Waals surface area contributed by atoms with Crippen molar-refractivity contribution in [3.63, 3.8) is 0 Å². The van der Waals surface area contributed by atoms with Crippen LogP contribution in [0.25, 0.3) is 33.5 Å². The zero-order valence-corrected chi connectivity index (χ0v) is 22.7. The number of fused-ring (bicyclic) bond motifs is 2. The Kier molecular flexibility index (Phi) is 6.44. The van der Waals surface area contributed by atoms with Gasteiger partial charge in [0, 0.05) is 24.2 Å². The Bertz CT molecular complexity index is 1640. The van der Waals surface area contributed by atoms with Crippen LogP contribution < -0.4 is 10.6 Å². The minimum Gasteiger partial charge on any atom is -0.354 e. The first kappa shape index (κ1) is 24.6. The van der Waals surface area contributed by atoms with E-state index >= 15 is 0 Å². The number of anilines is 2. The molecule has 2 N–H and O–H groups in total. The fraction of sp³-hybridized carbons (Fsp3) is 0.226. The predicted octanol–water partition coefficient (Wildman–Crippen LogP) is 6.25. The Hall–Kier alpha value is -4.72. The van der Waals surface area contributed by atoms with E-state index in [9.17, 15) is 0 Å². The summed E-state index contributed by atoms with van der Waals surface area (Å²) in [6, 6.07) is 24.8. The second-order valence-electron chi connectivity index (χ2n) is 9.97. The molecule has 0 aliphatic heterocycles. The minimum atomic E-state index is 0.731. The van der Waals surface area contributed by atoms with Gasteiger partial charge in [-0.05, 0) is 57.4 Å². The van der Waals surface area contributed by atoms with E-state index in [-0.39, 0.29) is 0 Å². The highest BCUT2D eigenvalue weighted by Crippen LogP contribution is 2.30. The quantitative estimate of drug-likeness (QED) is 0.233. The standard InChI is InChI=1S/C31H32N8/c1-20-18-22(3)36-38-28(20)26(24-12-7-5-8-13-24)34-30(38)32-16-11-17-33-31-35-27(25-14-9-6-10-15-25)29-21(2)19-23(4)37-39(29)31/h5-10,12-15,18-19H,11,16-17H2,1-4H3,(H,32,34)(H,33,35). The van der Waals surface area contributed by atoms with Crippen LogP contribution in [-0.2, 0) is 0 Å². The van der Waals surface area contributed by atoms with Gasteiger partial charge in [0.05, 0.1) is 22.4 Å². The Morgan fingerprint density at radius 3 is 1.41 bits per heavy atom. The molecule has 0 aliphatic carbocycles. The van der Waals surface area contributed by atoms with Crippen molar-refractivity contribution in [1.82, 2.24) is 29.2 Å². The zero-order valence-electron chi connectivity index (χ0n) is 22.7. The summed E-state index contributed by atoms with van der Waals surface area (Å²) in [7, 11) is 0. The molecule has 0 fully saturated rings. The lowest BCUT2D eigenvalue weighted by Crippen LogP contribution is -2.13. The van der Waals surface area contributed by atoms with Gasteiger partial charge in [-0.2, -0.15) is 19.2 Å². The van der Waals surface area contributed by atoms with E-state index in [2.05, 4.69) is 60.9 Å². The van der Waals surface area contributed by atoms with E-state index in [1.165, 1.54) is 0 Å². The van der Waals surface area contributed by atoms with Gasteiger partial charge in [0.15, 0.2) is 0 Å². The number of rotatable bonds is 8. The summed E-state index contributed by atoms with van der Waals surface area (Å²) in [6.45, 7) is 9.71. The van der Waals surface area contributed by atoms with Crippen LogP contribution in [0.5, 0.6) is 0 Å². The van der Waals surface area contributed by atoms with E-state index in [0.717, 1.165) is 87.5 Å². The Labute approximate surface area is 227 Å². The highest BCUT2D eigenvalue weighted by molar-refractivity contribution is 5.83. The van der Waals surface area contributed by atoms with Crippen molar-refractivity contribution in [1.29, 1.82) is 0 Å². The SMILES string of the molecule is Cc1cc(C)c2c(-c3ccccc3)nc(NCCCNc3nc(-c4ccccc4)c4c(C)cc(C)nn34)n2n1. The number of imidazole rings is 2. The highest BCUT2D eigenvalue weighted by atomic mass is 15.3. The van der Waals surface area contributed by atoms with Crippen molar-refractivity contribution in [3.8, 4) is 22.5 Å². The van der Waals surface area contributed by atoms with E-state index in [0.29, 0.717) is 0 Å². The fourth-order valence-electron chi connectivity index (χ4n) is 5.18. The lowest BCUT2D eigenvalue weighted by Gasteiger charge is -2.08. The van der Waals surface area contributed by atoms with Gasteiger partial charge < -0.3 is 10.6 Å². The van der Waals surface area contributed by atoms with Crippen LogP contribution in [0.1, 0.15) is 28.9 Å². The van der Waals surface area contributed by atoms with Crippen LogP contribution in [0.3, 0.4) is 0 Å². The summed E-state index contributed by atoms with van der Waals surface area (Å²) in [6.07, 6.45) is 0.862. The summed E-state index contributed by atoms with van der Waals surface area (Å²) in [5, 5.41) is 16.6. The maximum Gasteiger partial charge on any atom is 0.225 e. The fourth-order valence-corrected chi connectivity index (χ4v) is 5.18. The highest BCUT2D eigenvalue weighted by Gasteiger charge is 2.18. The number of hydrogen-bond donors (Lipinski definition) is 2. The van der Waals surface area contributed by atoms with Gasteiger partial charge in [-0.3, -0.25) is 0 Å². The number of aryl methyl sites for hydroxylation is 4. The third-order valence-corrected chi connectivity index (χ3v) is 6.84. The van der Waals surface area contributed by atoms with Gasteiger partial charge in [-0.15, -0.1) is 0 Å². The summed E-state index contributed by atoms with van der Waals surface area (Å²) in [5.41, 5.74) is 10.3. The third kappa shape index (κ3) is 4.69. The molecule has 8 nitrogen and oxygen atoms in total. The summed E-state index contributed by atoms with van der Waals surface area (Å²) in [5.74, 6) is 1.50. The van der Waals surface area contributed by atoms with Gasteiger partial charge in [0.1, 0.15) is 11.4 Å². The molecule has 0 unspecified atom stereocenters. The van der Waals surface area contributed by atoms with Gasteiger partial charge in [-0.1, -0.05) is 60.7 Å². The molecular formula is C31H32N8. The maximum absolute atomic E-state index is 4.96. The molecule has 0 radical (unpaired) electrons. The molecular weight excluding hydrogens is 484 g/mol. The maximum atomic E-state index is 4.96. The van der Waals surface area contributed by atoms with Gasteiger partial charge in [-0.25, -0.2) is 9.97 Å². The molecule has 4 aromatic heterocycles. The second-order valence-corrected chi connectivity index (χ2v) is 9.97. The van der Waals surface area contributed by atoms with Crippen molar-refractivity contribution in [3.05, 3.63) is 95.3 Å². The van der Waals surface area contributed by atoms with Crippen LogP contribution in [0, 0.1) is 27.7 Å². The van der Waals surface area contributed by atoms with E-state index in [1.807, 2.05) is 59.3 Å². The molecule has 0 saturated heterocycles. The Morgan fingerprint density at radius 1 is 0.590 bits per heavy atom. The number of nitrogens with one attached hydrogen (secondary N) is 2. The van der Waals surface area contributed by atoms with Gasteiger partial charge >= 0.3 is 0 Å². The minimum absolute atomic E-state index is 0.731. The number of aromatic nitrogens is 6. The lowest BCUT2D eigenvalue weighted by molar-refractivity contribution is 0.835. The van der Waals surface area contributed by atoms with Crippen molar-refractivity contribution >= 4 is 22.9 Å². The van der Waals surface area contributed by atoms with E-state index in [4.69, 9.17) is 20.2 Å². The molecule has 39 heavy (non-hydrogen) atoms. The van der Waals surface area contributed by atoms with Crippen molar-refractivity contribution in [2.24, 2.45) is 0 Å². The summed E-state index contributed by atoms with van der Waals surface area (Å²) < 4.78 is 3.87. The lowest BCUT2D eigenvalue weighted by atomic mass is 10.1. The third-order valence-electron chi connectivity index (χ3n) is 6.84. The van der Waals surface area contributed by atoms with Crippen molar-refractivity contribution in [2.45, 2.75) is 34.1 Å². The van der Waals surface area contributed by atoms with Crippen LogP contribution in [0.2, 0.25) is 0 Å². The zero-order chi connectivity index (χ0) is 26.9. The van der Waals surface area contributed by atoms with Gasteiger partial charge in [0.2, 0.25) is 11.9 Å². The summed E-state index contributed by atoms with van der Waals surface area (Å²) in [4.78, 5) is 9.91. The monoisotopic (exact) mass is 516 g/mol. The average molecular weight is 517 g/mol. The Morgan fingerprint density at radius 2 is 1.00 bits per heavy atom. The smallest absolute Gasteiger partial charge is 0.225 e. The van der Waals surface area contributed by atoms with Crippen LogP contribution in [0.4, 0.5) is 11.9 Å². The second kappa shape index (κ2) is 10.2. The molecule has 196 valence electrons. The normalized spacial score (nSPS) is 11.4. The largest absolute Gasteiger partial charge is 0.354 e. The first-order chi connectivity index (χ1) is 19.0. The number of benzene rings is 2. The van der Waals surface area contributed by atoms with Crippen LogP contribution >= 0.6 is 0 Å². The molecule has 0 saturated carbocycles. The van der Waals surface area contributed by atoms with E-state index in [1.54, 1.807) is 0 Å². The predicted molar refractivity (Wildman–Crippen MR) is 157 cm³/mol. The molecule has 8 heteroatoms. The molecule has 0 amide bonds. The van der Waals surface area contributed by atoms with Crippen LogP contribution in [0.15, 0.2) is 72.8 Å². The summed E-state index contributed by atoms with van der Waals surface area (Å²) >= 11 is 0. The Balaban J connectivity index is 1.21. The first-order valence-electron chi connectivity index (χ1n) is 13.3. The molecule has 4 heterocycles.